The van der Waals surface area contributed by atoms with E-state index in [1.807, 2.05) is 6.92 Å². The van der Waals surface area contributed by atoms with Crippen molar-refractivity contribution < 1.29 is 4.79 Å². The van der Waals surface area contributed by atoms with E-state index in [0.717, 1.165) is 5.69 Å². The van der Waals surface area contributed by atoms with E-state index >= 15 is 0 Å². The van der Waals surface area contributed by atoms with Crippen LogP contribution in [0.2, 0.25) is 0 Å². The van der Waals surface area contributed by atoms with Crippen molar-refractivity contribution in [3.8, 4) is 0 Å². The summed E-state index contributed by atoms with van der Waals surface area (Å²) < 4.78 is 0. The number of carbonyl (C=O) groups is 1. The average molecular weight is 218 g/mol. The number of nitrogen functional groups attached to an aromatic ring is 1. The predicted octanol–water partition coefficient (Wildman–Crippen LogP) is 0.343. The van der Waals surface area contributed by atoms with Gasteiger partial charge in [0.1, 0.15) is 0 Å². The molecule has 0 aromatic carbocycles. The molecule has 4 N–H and O–H groups in total. The summed E-state index contributed by atoms with van der Waals surface area (Å²) in [6.07, 6.45) is 1.61. The molecule has 0 aliphatic carbocycles. The number of H-pyrrole nitrogens is 1. The number of hydrogen-bond donors (Lipinski definition) is 3. The summed E-state index contributed by atoms with van der Waals surface area (Å²) in [5.41, 5.74) is 6.98. The third-order valence-electron chi connectivity index (χ3n) is 1.94. The molecule has 0 saturated heterocycles. The van der Waals surface area contributed by atoms with Crippen LogP contribution < -0.4 is 11.1 Å². The van der Waals surface area contributed by atoms with E-state index in [0.29, 0.717) is 5.69 Å². The van der Waals surface area contributed by atoms with Crippen LogP contribution >= 0.6 is 0 Å². The van der Waals surface area contributed by atoms with Crippen LogP contribution in [0, 0.1) is 6.92 Å². The molecule has 0 saturated carbocycles. The number of hydrogen-bond acceptors (Lipinski definition) is 5. The lowest BCUT2D eigenvalue weighted by molar-refractivity contribution is 0.102. The zero-order chi connectivity index (χ0) is 11.5. The number of rotatable bonds is 2. The Labute approximate surface area is 91.1 Å². The monoisotopic (exact) mass is 218 g/mol. The van der Waals surface area contributed by atoms with Gasteiger partial charge in [-0.2, -0.15) is 5.21 Å². The molecule has 7 heteroatoms. The van der Waals surface area contributed by atoms with Gasteiger partial charge in [0.25, 0.3) is 5.91 Å². The van der Waals surface area contributed by atoms with Crippen molar-refractivity contribution in [1.82, 2.24) is 20.4 Å². The van der Waals surface area contributed by atoms with Gasteiger partial charge in [-0.05, 0) is 19.1 Å². The van der Waals surface area contributed by atoms with Gasteiger partial charge in [0, 0.05) is 17.6 Å². The largest absolute Gasteiger partial charge is 0.380 e. The highest BCUT2D eigenvalue weighted by atomic mass is 16.2. The molecule has 2 aromatic heterocycles. The fraction of sp³-hybridized carbons (Fsp3) is 0.111. The minimum Gasteiger partial charge on any atom is -0.380 e. The molecule has 2 heterocycles. The average Bonchev–Trinajstić information content (AvgIpc) is 2.64. The molecular weight excluding hydrogens is 208 g/mol. The molecular formula is C9H10N6O. The topological polar surface area (TPSA) is 110 Å². The summed E-state index contributed by atoms with van der Waals surface area (Å²) in [4.78, 5) is 15.7. The molecule has 0 atom stereocenters. The quantitative estimate of drug-likeness (QED) is 0.673. The van der Waals surface area contributed by atoms with Crippen molar-refractivity contribution in [2.45, 2.75) is 6.92 Å². The van der Waals surface area contributed by atoms with Crippen molar-refractivity contribution >= 4 is 17.4 Å². The summed E-state index contributed by atoms with van der Waals surface area (Å²) >= 11 is 0. The molecule has 0 aliphatic heterocycles. The maximum Gasteiger partial charge on any atom is 0.280 e. The van der Waals surface area contributed by atoms with Gasteiger partial charge in [0.2, 0.25) is 0 Å². The number of carbonyl (C=O) groups excluding carboxylic acids is 1. The van der Waals surface area contributed by atoms with E-state index in [1.165, 1.54) is 0 Å². The fourth-order valence-corrected chi connectivity index (χ4v) is 1.22. The summed E-state index contributed by atoms with van der Waals surface area (Å²) in [5.74, 6) is -0.333. The summed E-state index contributed by atoms with van der Waals surface area (Å²) in [6.45, 7) is 1.83. The first-order chi connectivity index (χ1) is 7.66. The standard InChI is InChI=1S/C9H10N6O/c1-5-4-6(2-3-11-5)12-9(16)7-8(10)14-15-13-7/h2-4H,1H3,(H,11,12,16)(H3,10,13,14,15). The summed E-state index contributed by atoms with van der Waals surface area (Å²) in [7, 11) is 0. The van der Waals surface area contributed by atoms with E-state index in [2.05, 4.69) is 25.7 Å². The SMILES string of the molecule is Cc1cc(NC(=O)c2n[nH]nc2N)ccn1. The number of amides is 1. The maximum absolute atomic E-state index is 11.7. The van der Waals surface area contributed by atoms with Crippen LogP contribution in [-0.4, -0.2) is 26.3 Å². The highest BCUT2D eigenvalue weighted by Gasteiger charge is 2.13. The minimum absolute atomic E-state index is 0.0725. The second kappa shape index (κ2) is 3.97. The van der Waals surface area contributed by atoms with Crippen molar-refractivity contribution in [3.63, 3.8) is 0 Å². The Bertz CT molecular complexity index is 520. The smallest absolute Gasteiger partial charge is 0.280 e. The van der Waals surface area contributed by atoms with Crippen molar-refractivity contribution in [3.05, 3.63) is 29.7 Å². The zero-order valence-corrected chi connectivity index (χ0v) is 8.56. The number of nitrogens with two attached hydrogens (primary N) is 1. The van der Waals surface area contributed by atoms with Crippen LogP contribution in [0.25, 0.3) is 0 Å². The van der Waals surface area contributed by atoms with Crippen molar-refractivity contribution in [2.24, 2.45) is 0 Å². The van der Waals surface area contributed by atoms with E-state index in [9.17, 15) is 4.79 Å². The number of nitrogens with one attached hydrogen (secondary N) is 2. The Morgan fingerprint density at radius 1 is 1.50 bits per heavy atom. The molecule has 7 nitrogen and oxygen atoms in total. The second-order valence-electron chi connectivity index (χ2n) is 3.20. The molecule has 0 aliphatic rings. The van der Waals surface area contributed by atoms with Crippen LogP contribution in [0.15, 0.2) is 18.3 Å². The van der Waals surface area contributed by atoms with E-state index in [1.54, 1.807) is 18.3 Å². The molecule has 16 heavy (non-hydrogen) atoms. The normalized spacial score (nSPS) is 10.1. The van der Waals surface area contributed by atoms with Gasteiger partial charge in [0.15, 0.2) is 11.5 Å². The van der Waals surface area contributed by atoms with Gasteiger partial charge in [0.05, 0.1) is 0 Å². The Hall–Kier alpha value is -2.44. The number of anilines is 2. The van der Waals surface area contributed by atoms with Crippen LogP contribution in [0.1, 0.15) is 16.2 Å². The molecule has 2 aromatic rings. The Morgan fingerprint density at radius 2 is 2.31 bits per heavy atom. The molecule has 0 spiro atoms. The number of pyridine rings is 1. The van der Waals surface area contributed by atoms with Crippen LogP contribution in [0.3, 0.4) is 0 Å². The Kier molecular flexibility index (Phi) is 2.50. The first-order valence-corrected chi connectivity index (χ1v) is 4.57. The van der Waals surface area contributed by atoms with Gasteiger partial charge < -0.3 is 11.1 Å². The molecule has 0 unspecified atom stereocenters. The van der Waals surface area contributed by atoms with Crippen LogP contribution in [0.5, 0.6) is 0 Å². The second-order valence-corrected chi connectivity index (χ2v) is 3.20. The zero-order valence-electron chi connectivity index (χ0n) is 8.56. The summed E-state index contributed by atoms with van der Waals surface area (Å²) in [6, 6.07) is 3.43. The lowest BCUT2D eigenvalue weighted by Crippen LogP contribution is -2.14. The highest BCUT2D eigenvalue weighted by molar-refractivity contribution is 6.05. The fourth-order valence-electron chi connectivity index (χ4n) is 1.22. The van der Waals surface area contributed by atoms with E-state index in [4.69, 9.17) is 5.73 Å². The lowest BCUT2D eigenvalue weighted by atomic mass is 10.3. The lowest BCUT2D eigenvalue weighted by Gasteiger charge is -2.03. The van der Waals surface area contributed by atoms with Gasteiger partial charge in [-0.15, -0.1) is 10.2 Å². The minimum atomic E-state index is -0.406. The first kappa shape index (κ1) is 10.1. The van der Waals surface area contributed by atoms with Gasteiger partial charge in [-0.1, -0.05) is 0 Å². The van der Waals surface area contributed by atoms with Crippen LogP contribution in [0.4, 0.5) is 11.5 Å². The maximum atomic E-state index is 11.7. The third kappa shape index (κ3) is 1.97. The molecule has 2 rings (SSSR count). The molecule has 0 radical (unpaired) electrons. The number of nitrogens with zero attached hydrogens (tertiary/aromatic N) is 3. The predicted molar refractivity (Wildman–Crippen MR) is 57.7 cm³/mol. The Morgan fingerprint density at radius 3 is 2.94 bits per heavy atom. The molecule has 1 amide bonds. The van der Waals surface area contributed by atoms with Crippen LogP contribution in [-0.2, 0) is 0 Å². The van der Waals surface area contributed by atoms with E-state index < -0.39 is 5.91 Å². The summed E-state index contributed by atoms with van der Waals surface area (Å²) in [5, 5.41) is 12.1. The number of aromatic nitrogens is 4. The van der Waals surface area contributed by atoms with Crippen molar-refractivity contribution in [1.29, 1.82) is 0 Å². The van der Waals surface area contributed by atoms with Gasteiger partial charge in [-0.3, -0.25) is 9.78 Å². The molecule has 0 bridgehead atoms. The number of aromatic amines is 1. The molecule has 82 valence electrons. The Balaban J connectivity index is 2.17. The van der Waals surface area contributed by atoms with Gasteiger partial charge in [-0.25, -0.2) is 0 Å². The van der Waals surface area contributed by atoms with E-state index in [-0.39, 0.29) is 11.5 Å². The third-order valence-corrected chi connectivity index (χ3v) is 1.94. The van der Waals surface area contributed by atoms with Crippen molar-refractivity contribution in [2.75, 3.05) is 11.1 Å². The highest BCUT2D eigenvalue weighted by Crippen LogP contribution is 2.10. The number of aryl methyl sites for hydroxylation is 1. The van der Waals surface area contributed by atoms with Gasteiger partial charge >= 0.3 is 0 Å². The first-order valence-electron chi connectivity index (χ1n) is 4.57. The molecule has 0 fully saturated rings.